The van der Waals surface area contributed by atoms with Crippen LogP contribution in [0.1, 0.15) is 13.3 Å². The number of nitrogens with one attached hydrogen (secondary N) is 2. The Kier molecular flexibility index (Phi) is 6.94. The van der Waals surface area contributed by atoms with Gasteiger partial charge in [-0.2, -0.15) is 4.31 Å². The van der Waals surface area contributed by atoms with Crippen molar-refractivity contribution in [3.8, 4) is 0 Å². The maximum absolute atomic E-state index is 13.6. The van der Waals surface area contributed by atoms with Gasteiger partial charge in [-0.05, 0) is 44.1 Å². The third-order valence-electron chi connectivity index (χ3n) is 3.63. The van der Waals surface area contributed by atoms with Crippen LogP contribution in [0.2, 0.25) is 0 Å². The molecule has 0 aliphatic carbocycles. The summed E-state index contributed by atoms with van der Waals surface area (Å²) < 4.78 is 40.2. The van der Waals surface area contributed by atoms with Crippen LogP contribution in [0.25, 0.3) is 0 Å². The summed E-state index contributed by atoms with van der Waals surface area (Å²) >= 11 is 0. The minimum absolute atomic E-state index is 0. The molecule has 1 aromatic carbocycles. The highest BCUT2D eigenvalue weighted by Gasteiger charge is 2.32. The van der Waals surface area contributed by atoms with E-state index in [4.69, 9.17) is 0 Å². The van der Waals surface area contributed by atoms with Crippen LogP contribution in [0, 0.1) is 11.7 Å². The molecule has 1 unspecified atom stereocenters. The lowest BCUT2D eigenvalue weighted by Crippen LogP contribution is -2.30. The van der Waals surface area contributed by atoms with Crippen LogP contribution in [0.5, 0.6) is 0 Å². The lowest BCUT2D eigenvalue weighted by Gasteiger charge is -2.17. The second-order valence-electron chi connectivity index (χ2n) is 5.40. The topological polar surface area (TPSA) is 78.5 Å². The Morgan fingerprint density at radius 3 is 2.74 bits per heavy atom. The number of carbonyl (C=O) groups excluding carboxylic acids is 1. The first-order valence-electron chi connectivity index (χ1n) is 7.06. The Bertz CT molecular complexity index is 669. The van der Waals surface area contributed by atoms with Crippen molar-refractivity contribution in [1.29, 1.82) is 0 Å². The van der Waals surface area contributed by atoms with Crippen molar-refractivity contribution in [2.24, 2.45) is 5.92 Å². The van der Waals surface area contributed by atoms with Gasteiger partial charge < -0.3 is 10.6 Å². The van der Waals surface area contributed by atoms with Crippen molar-refractivity contribution in [2.75, 3.05) is 32.0 Å². The second-order valence-corrected chi connectivity index (χ2v) is 7.34. The Labute approximate surface area is 141 Å². The van der Waals surface area contributed by atoms with E-state index in [0.717, 1.165) is 25.1 Å². The van der Waals surface area contributed by atoms with Crippen molar-refractivity contribution < 1.29 is 17.6 Å². The molecule has 1 heterocycles. The fraction of sp³-hybridized carbons (Fsp3) is 0.500. The van der Waals surface area contributed by atoms with Crippen molar-refractivity contribution >= 4 is 34.0 Å². The van der Waals surface area contributed by atoms with E-state index in [1.54, 1.807) is 0 Å². The molecule has 23 heavy (non-hydrogen) atoms. The molecule has 9 heteroatoms. The third kappa shape index (κ3) is 4.63. The molecule has 0 saturated carbocycles. The van der Waals surface area contributed by atoms with E-state index in [9.17, 15) is 17.6 Å². The molecule has 6 nitrogen and oxygen atoms in total. The number of anilines is 1. The van der Waals surface area contributed by atoms with E-state index in [0.29, 0.717) is 13.1 Å². The van der Waals surface area contributed by atoms with Crippen molar-refractivity contribution in [1.82, 2.24) is 9.62 Å². The van der Waals surface area contributed by atoms with E-state index in [2.05, 4.69) is 10.6 Å². The Morgan fingerprint density at radius 1 is 1.43 bits per heavy atom. The molecule has 0 aromatic heterocycles. The summed E-state index contributed by atoms with van der Waals surface area (Å²) in [6.07, 6.45) is 0.791. The Balaban J connectivity index is 0.00000264. The van der Waals surface area contributed by atoms with E-state index in [1.807, 2.05) is 7.05 Å². The van der Waals surface area contributed by atoms with Gasteiger partial charge in [-0.25, -0.2) is 12.8 Å². The molecule has 1 saturated heterocycles. The highest BCUT2D eigenvalue weighted by atomic mass is 35.5. The van der Waals surface area contributed by atoms with Crippen molar-refractivity contribution in [3.63, 3.8) is 0 Å². The number of rotatable bonds is 5. The fourth-order valence-corrected chi connectivity index (χ4v) is 4.13. The Morgan fingerprint density at radius 2 is 2.13 bits per heavy atom. The minimum Gasteiger partial charge on any atom is -0.324 e. The van der Waals surface area contributed by atoms with Gasteiger partial charge in [-0.15, -0.1) is 12.4 Å². The molecule has 1 fully saturated rings. The van der Waals surface area contributed by atoms with Crippen LogP contribution in [0.15, 0.2) is 23.1 Å². The van der Waals surface area contributed by atoms with E-state index < -0.39 is 21.7 Å². The largest absolute Gasteiger partial charge is 0.324 e. The van der Waals surface area contributed by atoms with E-state index in [1.165, 1.54) is 17.3 Å². The molecule has 1 aliphatic rings. The molecule has 2 rings (SSSR count). The van der Waals surface area contributed by atoms with Crippen LogP contribution < -0.4 is 10.6 Å². The zero-order valence-corrected chi connectivity index (χ0v) is 14.6. The smallest absolute Gasteiger partial charge is 0.243 e. The van der Waals surface area contributed by atoms with E-state index in [-0.39, 0.29) is 28.9 Å². The van der Waals surface area contributed by atoms with Gasteiger partial charge >= 0.3 is 0 Å². The molecule has 1 atom stereocenters. The van der Waals surface area contributed by atoms with Gasteiger partial charge in [0.25, 0.3) is 0 Å². The summed E-state index contributed by atoms with van der Waals surface area (Å²) in [6.45, 7) is 2.88. The number of halogens is 2. The average Bonchev–Trinajstić information content (AvgIpc) is 2.90. The number of nitrogens with zero attached hydrogens (tertiary/aromatic N) is 1. The SMILES string of the molecule is CNCC1CCN(S(=O)(=O)c2ccc(F)c(NC(C)=O)c2)C1.Cl. The standard InChI is InChI=1S/C14H20FN3O3S.ClH/c1-10(19)17-14-7-12(3-4-13(14)15)22(20,21)18-6-5-11(9-18)8-16-2;/h3-4,7,11,16H,5-6,8-9H2,1-2H3,(H,17,19);1H. The number of hydrogen-bond donors (Lipinski definition) is 2. The highest BCUT2D eigenvalue weighted by molar-refractivity contribution is 7.89. The van der Waals surface area contributed by atoms with Crippen LogP contribution >= 0.6 is 12.4 Å². The lowest BCUT2D eigenvalue weighted by atomic mass is 10.1. The summed E-state index contributed by atoms with van der Waals surface area (Å²) in [6, 6.07) is 3.44. The number of carbonyl (C=O) groups is 1. The van der Waals surface area contributed by atoms with Crippen molar-refractivity contribution in [3.05, 3.63) is 24.0 Å². The average molecular weight is 366 g/mol. The molecule has 1 aromatic rings. The zero-order valence-electron chi connectivity index (χ0n) is 13.0. The molecule has 130 valence electrons. The van der Waals surface area contributed by atoms with E-state index >= 15 is 0 Å². The summed E-state index contributed by atoms with van der Waals surface area (Å²) in [5, 5.41) is 5.34. The monoisotopic (exact) mass is 365 g/mol. The summed E-state index contributed by atoms with van der Waals surface area (Å²) in [5.41, 5.74) is -0.125. The van der Waals surface area contributed by atoms with Gasteiger partial charge in [0.2, 0.25) is 15.9 Å². The molecule has 0 bridgehead atoms. The van der Waals surface area contributed by atoms with Gasteiger partial charge in [0.1, 0.15) is 5.82 Å². The maximum Gasteiger partial charge on any atom is 0.243 e. The number of benzene rings is 1. The fourth-order valence-electron chi connectivity index (χ4n) is 2.57. The predicted octanol–water partition coefficient (Wildman–Crippen LogP) is 1.44. The van der Waals surface area contributed by atoms with Gasteiger partial charge in [0.15, 0.2) is 0 Å². The Hall–Kier alpha value is -1.22. The first kappa shape index (κ1) is 19.8. The third-order valence-corrected chi connectivity index (χ3v) is 5.49. The van der Waals surface area contributed by atoms with Crippen LogP contribution in [0.4, 0.5) is 10.1 Å². The van der Waals surface area contributed by atoms with Gasteiger partial charge in [-0.3, -0.25) is 4.79 Å². The molecule has 1 amide bonds. The minimum atomic E-state index is -3.68. The predicted molar refractivity (Wildman–Crippen MR) is 88.7 cm³/mol. The summed E-state index contributed by atoms with van der Waals surface area (Å²) in [4.78, 5) is 11.0. The molecular weight excluding hydrogens is 345 g/mol. The zero-order chi connectivity index (χ0) is 16.3. The van der Waals surface area contributed by atoms with Gasteiger partial charge in [0, 0.05) is 20.0 Å². The van der Waals surface area contributed by atoms with Gasteiger partial charge in [0.05, 0.1) is 10.6 Å². The summed E-state index contributed by atoms with van der Waals surface area (Å²) in [7, 11) is -1.85. The van der Waals surface area contributed by atoms with Gasteiger partial charge in [-0.1, -0.05) is 0 Å². The first-order valence-corrected chi connectivity index (χ1v) is 8.50. The quantitative estimate of drug-likeness (QED) is 0.827. The normalized spacial score (nSPS) is 18.5. The summed E-state index contributed by atoms with van der Waals surface area (Å²) in [5.74, 6) is -0.845. The molecular formula is C14H21ClFN3O3S. The maximum atomic E-state index is 13.6. The highest BCUT2D eigenvalue weighted by Crippen LogP contribution is 2.26. The number of sulfonamides is 1. The van der Waals surface area contributed by atoms with Crippen molar-refractivity contribution in [2.45, 2.75) is 18.2 Å². The first-order chi connectivity index (χ1) is 10.3. The van der Waals surface area contributed by atoms with Crippen LogP contribution in [0.3, 0.4) is 0 Å². The molecule has 1 aliphatic heterocycles. The lowest BCUT2D eigenvalue weighted by molar-refractivity contribution is -0.114. The molecule has 0 radical (unpaired) electrons. The number of amides is 1. The van der Waals surface area contributed by atoms with Crippen LogP contribution in [-0.2, 0) is 14.8 Å². The number of hydrogen-bond acceptors (Lipinski definition) is 4. The molecule has 2 N–H and O–H groups in total. The molecule has 0 spiro atoms. The van der Waals surface area contributed by atoms with Crippen LogP contribution in [-0.4, -0.2) is 45.3 Å². The second kappa shape index (κ2) is 8.05.